The molecule has 0 aromatic carbocycles. The molecule has 0 aliphatic heterocycles. The molecule has 0 rings (SSSR count). The molecule has 0 aromatic rings. The topological polar surface area (TPSA) is 55.6 Å². The highest BCUT2D eigenvalue weighted by atomic mass is 19.4. The molecule has 0 aliphatic carbocycles. The minimum Gasteiger partial charge on any atom is -0.469 e. The summed E-state index contributed by atoms with van der Waals surface area (Å²) < 4.78 is 41.6. The number of hydrogen-bond acceptors (Lipinski definition) is 4. The Bertz CT molecular complexity index is 234. The number of carbonyl (C=O) groups is 1. The van der Waals surface area contributed by atoms with Gasteiger partial charge in [-0.3, -0.25) is 4.79 Å². The first-order valence-electron chi connectivity index (χ1n) is 5.33. The second kappa shape index (κ2) is 7.50. The molecule has 1 atom stereocenters. The fraction of sp³-hybridized carbons (Fsp3) is 0.900. The van der Waals surface area contributed by atoms with Crippen molar-refractivity contribution in [3.8, 4) is 0 Å². The number of carbonyl (C=O) groups excluding carboxylic acids is 1. The van der Waals surface area contributed by atoms with Gasteiger partial charge in [0, 0.05) is 19.5 Å². The van der Waals surface area contributed by atoms with Crippen LogP contribution in [0.3, 0.4) is 0 Å². The van der Waals surface area contributed by atoms with Gasteiger partial charge in [0.1, 0.15) is 0 Å². The van der Waals surface area contributed by atoms with Gasteiger partial charge in [-0.15, -0.1) is 0 Å². The van der Waals surface area contributed by atoms with Crippen LogP contribution in [0.5, 0.6) is 0 Å². The highest BCUT2D eigenvalue weighted by molar-refractivity contribution is 5.69. The normalized spacial score (nSPS) is 13.8. The molecular formula is C10H19F3N2O2. The van der Waals surface area contributed by atoms with Crippen LogP contribution in [-0.2, 0) is 9.53 Å². The molecular weight excluding hydrogens is 237 g/mol. The molecule has 7 heteroatoms. The van der Waals surface area contributed by atoms with Crippen LogP contribution in [0.15, 0.2) is 0 Å². The first-order valence-corrected chi connectivity index (χ1v) is 5.33. The predicted octanol–water partition coefficient (Wildman–Crippen LogP) is 1.01. The lowest BCUT2D eigenvalue weighted by molar-refractivity contribution is -0.175. The Kier molecular flexibility index (Phi) is 7.13. The van der Waals surface area contributed by atoms with E-state index in [4.69, 9.17) is 5.73 Å². The van der Waals surface area contributed by atoms with Crippen LogP contribution in [0.4, 0.5) is 13.2 Å². The molecule has 0 spiro atoms. The van der Waals surface area contributed by atoms with Crippen molar-refractivity contribution in [1.29, 1.82) is 0 Å². The maximum atomic E-state index is 12.4. The van der Waals surface area contributed by atoms with E-state index in [1.54, 1.807) is 7.05 Å². The number of nitrogens with zero attached hydrogens (tertiary/aromatic N) is 1. The van der Waals surface area contributed by atoms with E-state index < -0.39 is 18.6 Å². The van der Waals surface area contributed by atoms with Crippen LogP contribution in [0.1, 0.15) is 12.8 Å². The Balaban J connectivity index is 3.91. The lowest BCUT2D eigenvalue weighted by atomic mass is 10.1. The van der Waals surface area contributed by atoms with Gasteiger partial charge in [-0.25, -0.2) is 0 Å². The molecule has 0 heterocycles. The first-order chi connectivity index (χ1) is 7.81. The molecule has 0 saturated heterocycles. The van der Waals surface area contributed by atoms with Crippen LogP contribution in [0.2, 0.25) is 0 Å². The number of alkyl halides is 3. The van der Waals surface area contributed by atoms with Gasteiger partial charge in [0.15, 0.2) is 0 Å². The lowest BCUT2D eigenvalue weighted by Crippen LogP contribution is -2.39. The zero-order chi connectivity index (χ0) is 13.5. The van der Waals surface area contributed by atoms with Crippen LogP contribution in [-0.4, -0.2) is 50.8 Å². The molecule has 2 N–H and O–H groups in total. The van der Waals surface area contributed by atoms with Gasteiger partial charge in [0.05, 0.1) is 13.0 Å². The van der Waals surface area contributed by atoms with Crippen molar-refractivity contribution in [3.05, 3.63) is 0 Å². The van der Waals surface area contributed by atoms with Crippen molar-refractivity contribution >= 4 is 5.97 Å². The van der Waals surface area contributed by atoms with Crippen molar-refractivity contribution in [2.45, 2.75) is 19.0 Å². The zero-order valence-electron chi connectivity index (χ0n) is 10.1. The van der Waals surface area contributed by atoms with Gasteiger partial charge < -0.3 is 15.4 Å². The third kappa shape index (κ3) is 7.17. The monoisotopic (exact) mass is 256 g/mol. The molecule has 0 saturated carbocycles. The van der Waals surface area contributed by atoms with E-state index in [0.717, 1.165) is 0 Å². The van der Waals surface area contributed by atoms with Crippen LogP contribution in [0, 0.1) is 5.92 Å². The molecule has 0 fully saturated rings. The predicted molar refractivity (Wildman–Crippen MR) is 57.3 cm³/mol. The number of rotatable bonds is 7. The smallest absolute Gasteiger partial charge is 0.394 e. The van der Waals surface area contributed by atoms with Crippen molar-refractivity contribution < 1.29 is 22.7 Å². The van der Waals surface area contributed by atoms with E-state index in [1.807, 2.05) is 0 Å². The summed E-state index contributed by atoms with van der Waals surface area (Å²) >= 11 is 0. The molecule has 0 bridgehead atoms. The first kappa shape index (κ1) is 16.2. The third-order valence-corrected chi connectivity index (χ3v) is 2.43. The second-order valence-electron chi connectivity index (χ2n) is 3.92. The quantitative estimate of drug-likeness (QED) is 0.691. The van der Waals surface area contributed by atoms with E-state index in [-0.39, 0.29) is 18.9 Å². The Hall–Kier alpha value is -0.820. The second-order valence-corrected chi connectivity index (χ2v) is 3.92. The third-order valence-electron chi connectivity index (χ3n) is 2.43. The molecule has 102 valence electrons. The highest BCUT2D eigenvalue weighted by Gasteiger charge is 2.38. The molecule has 4 nitrogen and oxygen atoms in total. The summed E-state index contributed by atoms with van der Waals surface area (Å²) in [6, 6.07) is 0. The summed E-state index contributed by atoms with van der Waals surface area (Å²) in [4.78, 5) is 12.3. The Morgan fingerprint density at radius 1 is 1.47 bits per heavy atom. The van der Waals surface area contributed by atoms with E-state index >= 15 is 0 Å². The van der Waals surface area contributed by atoms with Gasteiger partial charge in [0.2, 0.25) is 0 Å². The molecule has 1 unspecified atom stereocenters. The van der Waals surface area contributed by atoms with Crippen LogP contribution in [0.25, 0.3) is 0 Å². The summed E-state index contributed by atoms with van der Waals surface area (Å²) in [7, 11) is 2.85. The van der Waals surface area contributed by atoms with E-state index in [2.05, 4.69) is 4.74 Å². The molecule has 0 amide bonds. The van der Waals surface area contributed by atoms with Gasteiger partial charge in [-0.1, -0.05) is 0 Å². The van der Waals surface area contributed by atoms with E-state index in [1.165, 1.54) is 12.0 Å². The Morgan fingerprint density at radius 3 is 2.47 bits per heavy atom. The standard InChI is InChI=1S/C10H19F3N2O2/c1-15(5-3-4-9(16)17-2)7-8(6-14)10(11,12)13/h8H,3-7,14H2,1-2H3. The number of ether oxygens (including phenoxy) is 1. The average molecular weight is 256 g/mol. The van der Waals surface area contributed by atoms with Crippen molar-refractivity contribution in [2.24, 2.45) is 11.7 Å². The van der Waals surface area contributed by atoms with Gasteiger partial charge in [-0.05, 0) is 20.0 Å². The summed E-state index contributed by atoms with van der Waals surface area (Å²) in [5.74, 6) is -1.88. The van der Waals surface area contributed by atoms with Crippen LogP contribution < -0.4 is 5.73 Å². The number of nitrogens with two attached hydrogens (primary N) is 1. The zero-order valence-corrected chi connectivity index (χ0v) is 10.1. The number of esters is 1. The van der Waals surface area contributed by atoms with Crippen molar-refractivity contribution in [1.82, 2.24) is 4.90 Å². The van der Waals surface area contributed by atoms with Crippen molar-refractivity contribution in [2.75, 3.05) is 33.8 Å². The van der Waals surface area contributed by atoms with E-state index in [0.29, 0.717) is 13.0 Å². The largest absolute Gasteiger partial charge is 0.469 e. The molecule has 17 heavy (non-hydrogen) atoms. The highest BCUT2D eigenvalue weighted by Crippen LogP contribution is 2.25. The number of methoxy groups -OCH3 is 1. The van der Waals surface area contributed by atoms with Crippen LogP contribution >= 0.6 is 0 Å². The fourth-order valence-electron chi connectivity index (χ4n) is 1.37. The van der Waals surface area contributed by atoms with Crippen molar-refractivity contribution in [3.63, 3.8) is 0 Å². The fourth-order valence-corrected chi connectivity index (χ4v) is 1.37. The summed E-state index contributed by atoms with van der Waals surface area (Å²) in [6.07, 6.45) is -3.59. The number of hydrogen-bond donors (Lipinski definition) is 1. The van der Waals surface area contributed by atoms with Gasteiger partial charge >= 0.3 is 12.1 Å². The average Bonchev–Trinajstić information content (AvgIpc) is 2.23. The minimum atomic E-state index is -4.27. The molecule has 0 aliphatic rings. The summed E-state index contributed by atoms with van der Waals surface area (Å²) in [5.41, 5.74) is 5.08. The van der Waals surface area contributed by atoms with E-state index in [9.17, 15) is 18.0 Å². The van der Waals surface area contributed by atoms with Gasteiger partial charge in [-0.2, -0.15) is 13.2 Å². The SMILES string of the molecule is COC(=O)CCCN(C)CC(CN)C(F)(F)F. The summed E-state index contributed by atoms with van der Waals surface area (Å²) in [6.45, 7) is -0.173. The lowest BCUT2D eigenvalue weighted by Gasteiger charge is -2.24. The maximum absolute atomic E-state index is 12.4. The van der Waals surface area contributed by atoms with Gasteiger partial charge in [0.25, 0.3) is 0 Å². The number of halogens is 3. The molecule has 0 aromatic heterocycles. The maximum Gasteiger partial charge on any atom is 0.394 e. The Morgan fingerprint density at radius 2 is 2.06 bits per heavy atom. The molecule has 0 radical (unpaired) electrons. The summed E-state index contributed by atoms with van der Waals surface area (Å²) in [5, 5.41) is 0. The Labute approximate surface area is 98.9 Å². The minimum absolute atomic E-state index is 0.152.